The van der Waals surface area contributed by atoms with Crippen LogP contribution in [0.4, 0.5) is 0 Å². The zero-order valence-electron chi connectivity index (χ0n) is 12.4. The van der Waals surface area contributed by atoms with Crippen LogP contribution in [0.5, 0.6) is 0 Å². The van der Waals surface area contributed by atoms with Gasteiger partial charge >= 0.3 is 25.8 Å². The number of halogens is 2. The van der Waals surface area contributed by atoms with E-state index >= 15 is 0 Å². The molecule has 3 aliphatic rings. The minimum absolute atomic E-state index is 0. The van der Waals surface area contributed by atoms with Crippen molar-refractivity contribution in [3.63, 3.8) is 0 Å². The predicted molar refractivity (Wildman–Crippen MR) is 78.4 cm³/mol. The average molecular weight is 493 g/mol. The second-order valence-corrected chi connectivity index (χ2v) is 6.24. The van der Waals surface area contributed by atoms with E-state index in [1.807, 2.05) is 0 Å². The van der Waals surface area contributed by atoms with Gasteiger partial charge in [-0.25, -0.2) is 23.3 Å². The molecule has 109 valence electrons. The van der Waals surface area contributed by atoms with Gasteiger partial charge in [0, 0.05) is 9.52 Å². The van der Waals surface area contributed by atoms with Gasteiger partial charge in [0.15, 0.2) is 0 Å². The van der Waals surface area contributed by atoms with Gasteiger partial charge in [0.25, 0.3) is 0 Å². The van der Waals surface area contributed by atoms with Crippen molar-refractivity contribution in [2.24, 2.45) is 0 Å². The van der Waals surface area contributed by atoms with Crippen LogP contribution in [0, 0.1) is 12.2 Å². The Morgan fingerprint density at radius 2 is 1.25 bits per heavy atom. The monoisotopic (exact) mass is 493 g/mol. The topological polar surface area (TPSA) is 0 Å². The molecule has 0 aromatic heterocycles. The second kappa shape index (κ2) is 17.7. The fourth-order valence-corrected chi connectivity index (χ4v) is 3.19. The van der Waals surface area contributed by atoms with Crippen LogP contribution in [0.1, 0.15) is 39.5 Å². The molecule has 20 heavy (non-hydrogen) atoms. The summed E-state index contributed by atoms with van der Waals surface area (Å²) in [5.74, 6) is 0. The average Bonchev–Trinajstić information content (AvgIpc) is 2.99. The Hall–Kier alpha value is 0.627. The molecule has 3 rings (SSSR count). The van der Waals surface area contributed by atoms with Crippen molar-refractivity contribution in [2.45, 2.75) is 51.6 Å². The van der Waals surface area contributed by atoms with E-state index in [0.29, 0.717) is 0 Å². The van der Waals surface area contributed by atoms with Crippen LogP contribution in [-0.4, -0.2) is 9.52 Å². The van der Waals surface area contributed by atoms with Crippen LogP contribution < -0.4 is 24.8 Å². The van der Waals surface area contributed by atoms with E-state index in [4.69, 9.17) is 0 Å². The summed E-state index contributed by atoms with van der Waals surface area (Å²) in [6.45, 7) is 4.12. The van der Waals surface area contributed by atoms with E-state index < -0.39 is 0 Å². The fourth-order valence-electron chi connectivity index (χ4n) is 1.75. The SMILES string of the molecule is C1CC[SiH]C1.CC1=[C-]CC=C1.CC1=[C-]CC=C1.[Cl-].[Cl-].[Hf+4]. The first kappa shape index (κ1) is 25.6. The van der Waals surface area contributed by atoms with E-state index in [0.717, 1.165) is 22.4 Å². The Balaban J connectivity index is -0.000000202. The molecule has 0 saturated carbocycles. The molecule has 2 aliphatic carbocycles. The molecule has 0 spiro atoms. The molecule has 1 heterocycles. The van der Waals surface area contributed by atoms with Crippen molar-refractivity contribution in [3.8, 4) is 0 Å². The van der Waals surface area contributed by atoms with Crippen molar-refractivity contribution in [2.75, 3.05) is 0 Å². The van der Waals surface area contributed by atoms with Crippen molar-refractivity contribution in [1.82, 2.24) is 0 Å². The van der Waals surface area contributed by atoms with Gasteiger partial charge in [-0.15, -0.1) is 12.8 Å². The minimum Gasteiger partial charge on any atom is -1.00 e. The molecule has 1 radical (unpaired) electrons. The Morgan fingerprint density at radius 1 is 0.850 bits per heavy atom. The molecule has 0 amide bonds. The van der Waals surface area contributed by atoms with Crippen LogP contribution in [-0.2, 0) is 25.8 Å². The molecule has 1 saturated heterocycles. The molecule has 0 aromatic rings. The molecular weight excluding hydrogens is 470 g/mol. The van der Waals surface area contributed by atoms with E-state index in [-0.39, 0.29) is 50.7 Å². The van der Waals surface area contributed by atoms with Gasteiger partial charge in [-0.05, 0) is 0 Å². The summed E-state index contributed by atoms with van der Waals surface area (Å²) in [5.41, 5.74) is 2.55. The molecule has 0 unspecified atom stereocenters. The van der Waals surface area contributed by atoms with Crippen LogP contribution in [0.3, 0.4) is 0 Å². The number of hydrogen-bond acceptors (Lipinski definition) is 0. The molecule has 1 aliphatic heterocycles. The zero-order valence-corrected chi connectivity index (χ0v) is 18.6. The van der Waals surface area contributed by atoms with Gasteiger partial charge in [0.1, 0.15) is 0 Å². The van der Waals surface area contributed by atoms with E-state index in [9.17, 15) is 0 Å². The molecule has 0 aromatic carbocycles. The van der Waals surface area contributed by atoms with Crippen LogP contribution >= 0.6 is 0 Å². The fraction of sp³-hybridized carbons (Fsp3) is 0.500. The maximum Gasteiger partial charge on any atom is 4.00 e. The first-order valence-electron chi connectivity index (χ1n) is 6.58. The normalized spacial score (nSPS) is 17.1. The molecule has 4 heteroatoms. The molecular formula is C16H23Cl2HfSi. The summed E-state index contributed by atoms with van der Waals surface area (Å²) in [7, 11) is 0.926. The third-order valence-corrected chi connectivity index (χ3v) is 4.43. The van der Waals surface area contributed by atoms with Gasteiger partial charge in [0.05, 0.1) is 0 Å². The summed E-state index contributed by atoms with van der Waals surface area (Å²) in [6.07, 6.45) is 19.7. The second-order valence-electron chi connectivity index (χ2n) is 4.51. The number of rotatable bonds is 0. The van der Waals surface area contributed by atoms with Crippen LogP contribution in [0.15, 0.2) is 35.5 Å². The molecule has 1 fully saturated rings. The van der Waals surface area contributed by atoms with Gasteiger partial charge in [0.2, 0.25) is 0 Å². The number of allylic oxidation sites excluding steroid dienone is 8. The Bertz CT molecular complexity index is 288. The first-order valence-corrected chi connectivity index (χ1v) is 8.22. The van der Waals surface area contributed by atoms with Crippen molar-refractivity contribution < 1.29 is 50.7 Å². The summed E-state index contributed by atoms with van der Waals surface area (Å²) < 4.78 is 0. The molecule has 0 nitrogen and oxygen atoms in total. The smallest absolute Gasteiger partial charge is 1.00 e. The van der Waals surface area contributed by atoms with E-state index in [1.165, 1.54) is 24.0 Å². The third kappa shape index (κ3) is 15.0. The first-order chi connectivity index (χ1) is 8.29. The van der Waals surface area contributed by atoms with Crippen LogP contribution in [0.25, 0.3) is 0 Å². The summed E-state index contributed by atoms with van der Waals surface area (Å²) >= 11 is 0. The maximum absolute atomic E-state index is 3.12. The molecule has 0 N–H and O–H groups in total. The zero-order chi connectivity index (χ0) is 12.3. The quantitative estimate of drug-likeness (QED) is 0.284. The largest absolute Gasteiger partial charge is 4.00 e. The van der Waals surface area contributed by atoms with Crippen LogP contribution in [0.2, 0.25) is 12.1 Å². The Kier molecular flexibility index (Phi) is 22.6. The summed E-state index contributed by atoms with van der Waals surface area (Å²) in [6, 6.07) is 3.17. The molecule has 0 atom stereocenters. The van der Waals surface area contributed by atoms with Crippen molar-refractivity contribution in [3.05, 3.63) is 47.6 Å². The third-order valence-electron chi connectivity index (χ3n) is 2.80. The van der Waals surface area contributed by atoms with E-state index in [2.05, 4.69) is 50.3 Å². The van der Waals surface area contributed by atoms with Gasteiger partial charge in [-0.2, -0.15) is 12.2 Å². The van der Waals surface area contributed by atoms with Crippen molar-refractivity contribution >= 4 is 9.52 Å². The Morgan fingerprint density at radius 3 is 1.35 bits per heavy atom. The summed E-state index contributed by atoms with van der Waals surface area (Å²) in [5, 5.41) is 0. The molecule has 0 bridgehead atoms. The summed E-state index contributed by atoms with van der Waals surface area (Å²) in [4.78, 5) is 0. The van der Waals surface area contributed by atoms with Gasteiger partial charge in [-0.3, -0.25) is 12.2 Å². The van der Waals surface area contributed by atoms with Crippen molar-refractivity contribution in [1.29, 1.82) is 0 Å². The van der Waals surface area contributed by atoms with Gasteiger partial charge in [-0.1, -0.05) is 38.8 Å². The van der Waals surface area contributed by atoms with E-state index in [1.54, 1.807) is 12.1 Å². The Labute approximate surface area is 158 Å². The standard InChI is InChI=1S/2C6H7.C4H9Si.2ClH.Hf/c2*1-6-4-2-3-5-6;1-2-4-5-3-1;;;/h2*2,4H,3H2,1H3;5H,1-4H2;2*1H;/q2*-1;;;;+4/p-2. The maximum atomic E-state index is 3.12. The minimum atomic E-state index is 0. The predicted octanol–water partition coefficient (Wildman–Crippen LogP) is -1.55. The number of hydrogen-bond donors (Lipinski definition) is 0. The van der Waals surface area contributed by atoms with Gasteiger partial charge < -0.3 is 24.8 Å².